The molecule has 11 heteroatoms. The highest BCUT2D eigenvalue weighted by Crippen LogP contribution is 2.35. The second kappa shape index (κ2) is 8.30. The Hall–Kier alpha value is -3.93. The lowest BCUT2D eigenvalue weighted by molar-refractivity contribution is -0.203. The molecule has 0 aliphatic carbocycles. The molecule has 186 valence electrons. The zero-order valence-electron chi connectivity index (χ0n) is 19.6. The fourth-order valence-corrected chi connectivity index (χ4v) is 5.95. The zero-order valence-corrected chi connectivity index (χ0v) is 20.4. The summed E-state index contributed by atoms with van der Waals surface area (Å²) in [4.78, 5) is 28.4. The third-order valence-corrected chi connectivity index (χ3v) is 7.77. The van der Waals surface area contributed by atoms with Gasteiger partial charge in [-0.2, -0.15) is 10.2 Å². The quantitative estimate of drug-likeness (QED) is 0.337. The van der Waals surface area contributed by atoms with E-state index >= 15 is 0 Å². The van der Waals surface area contributed by atoms with E-state index in [1.165, 1.54) is 22.3 Å². The van der Waals surface area contributed by atoms with E-state index in [2.05, 4.69) is 10.2 Å². The Morgan fingerprint density at radius 3 is 2.43 bits per heavy atom. The van der Waals surface area contributed by atoms with Crippen LogP contribution in [0, 0.1) is 5.82 Å². The standard InChI is InChI=1S/C26H20FN5O4S/c1-30-9-15-6-14(7-20(27)23(15)28-30)21-8-16-10-31(29-24(16)37-21)11-22-35-12-17(13-36-22)32-25(33)18-4-2-3-5-19(18)26(32)34/h2-10,17,22H,11-13H2,1H3. The molecule has 2 aromatic carbocycles. The van der Waals surface area contributed by atoms with E-state index in [1.54, 1.807) is 46.9 Å². The van der Waals surface area contributed by atoms with Gasteiger partial charge in [-0.1, -0.05) is 12.1 Å². The minimum absolute atomic E-state index is 0.193. The summed E-state index contributed by atoms with van der Waals surface area (Å²) >= 11 is 1.48. The molecule has 1 fully saturated rings. The molecule has 0 radical (unpaired) electrons. The van der Waals surface area contributed by atoms with Gasteiger partial charge in [0.25, 0.3) is 11.8 Å². The van der Waals surface area contributed by atoms with Gasteiger partial charge in [0.1, 0.15) is 10.3 Å². The van der Waals surface area contributed by atoms with Gasteiger partial charge in [0.2, 0.25) is 0 Å². The van der Waals surface area contributed by atoms with Crippen LogP contribution in [0.25, 0.3) is 31.6 Å². The van der Waals surface area contributed by atoms with Crippen molar-refractivity contribution < 1.29 is 23.5 Å². The highest BCUT2D eigenvalue weighted by atomic mass is 32.1. The van der Waals surface area contributed by atoms with Crippen LogP contribution in [-0.2, 0) is 23.1 Å². The Balaban J connectivity index is 1.03. The van der Waals surface area contributed by atoms with Crippen molar-refractivity contribution in [2.24, 2.45) is 7.05 Å². The summed E-state index contributed by atoms with van der Waals surface area (Å²) in [7, 11) is 1.77. The topological polar surface area (TPSA) is 91.5 Å². The van der Waals surface area contributed by atoms with E-state index in [0.717, 1.165) is 26.0 Å². The predicted molar refractivity (Wildman–Crippen MR) is 134 cm³/mol. The molecule has 1 saturated heterocycles. The van der Waals surface area contributed by atoms with E-state index in [9.17, 15) is 14.0 Å². The smallest absolute Gasteiger partial charge is 0.261 e. The Morgan fingerprint density at radius 1 is 1.00 bits per heavy atom. The van der Waals surface area contributed by atoms with Crippen LogP contribution in [0.1, 0.15) is 20.7 Å². The number of carbonyl (C=O) groups is 2. The van der Waals surface area contributed by atoms with Crippen molar-refractivity contribution in [3.8, 4) is 10.4 Å². The van der Waals surface area contributed by atoms with Crippen molar-refractivity contribution in [3.05, 3.63) is 71.8 Å². The number of hydrogen-bond acceptors (Lipinski definition) is 7. The third kappa shape index (κ3) is 3.66. The number of rotatable bonds is 4. The molecular weight excluding hydrogens is 497 g/mol. The van der Waals surface area contributed by atoms with Gasteiger partial charge in [0.15, 0.2) is 12.1 Å². The molecule has 7 rings (SSSR count). The first-order chi connectivity index (χ1) is 17.9. The van der Waals surface area contributed by atoms with Crippen molar-refractivity contribution in [3.63, 3.8) is 0 Å². The number of hydrogen-bond donors (Lipinski definition) is 0. The first kappa shape index (κ1) is 22.3. The molecule has 2 aliphatic heterocycles. The molecule has 0 N–H and O–H groups in total. The van der Waals surface area contributed by atoms with Crippen LogP contribution in [0.15, 0.2) is 54.9 Å². The van der Waals surface area contributed by atoms with Crippen LogP contribution in [0.2, 0.25) is 0 Å². The van der Waals surface area contributed by atoms with Crippen molar-refractivity contribution in [1.82, 2.24) is 24.5 Å². The van der Waals surface area contributed by atoms with Crippen LogP contribution >= 0.6 is 11.3 Å². The van der Waals surface area contributed by atoms with Crippen LogP contribution in [-0.4, -0.2) is 61.8 Å². The summed E-state index contributed by atoms with van der Waals surface area (Å²) in [6.45, 7) is 0.748. The average Bonchev–Trinajstić information content (AvgIpc) is 3.62. The summed E-state index contributed by atoms with van der Waals surface area (Å²) in [6.07, 6.45) is 3.14. The molecule has 0 unspecified atom stereocenters. The lowest BCUT2D eigenvalue weighted by Crippen LogP contribution is -2.50. The highest BCUT2D eigenvalue weighted by molar-refractivity contribution is 7.21. The van der Waals surface area contributed by atoms with Crippen molar-refractivity contribution in [1.29, 1.82) is 0 Å². The van der Waals surface area contributed by atoms with Gasteiger partial charge in [0, 0.05) is 35.1 Å². The first-order valence-corrected chi connectivity index (χ1v) is 12.6. The van der Waals surface area contributed by atoms with E-state index in [4.69, 9.17) is 9.47 Å². The van der Waals surface area contributed by atoms with Gasteiger partial charge in [0.05, 0.1) is 36.9 Å². The Kier molecular flexibility index (Phi) is 5.00. The van der Waals surface area contributed by atoms with E-state index in [-0.39, 0.29) is 30.8 Å². The Labute approximate surface area is 213 Å². The fourth-order valence-electron chi connectivity index (χ4n) is 4.94. The van der Waals surface area contributed by atoms with Gasteiger partial charge >= 0.3 is 0 Å². The number of ether oxygens (including phenoxy) is 2. The maximum absolute atomic E-state index is 14.5. The maximum atomic E-state index is 14.5. The number of nitrogens with zero attached hydrogens (tertiary/aromatic N) is 5. The van der Waals surface area contributed by atoms with Crippen LogP contribution in [0.5, 0.6) is 0 Å². The molecule has 0 saturated carbocycles. The molecule has 9 nitrogen and oxygen atoms in total. The van der Waals surface area contributed by atoms with Crippen molar-refractivity contribution in [2.45, 2.75) is 18.9 Å². The molecule has 0 spiro atoms. The Bertz CT molecular complexity index is 1650. The third-order valence-electron chi connectivity index (χ3n) is 6.68. The normalized spacial score (nSPS) is 19.9. The monoisotopic (exact) mass is 517 g/mol. The van der Waals surface area contributed by atoms with Crippen LogP contribution < -0.4 is 0 Å². The molecule has 3 aromatic heterocycles. The molecule has 0 bridgehead atoms. The number of halogens is 1. The predicted octanol–water partition coefficient (Wildman–Crippen LogP) is 3.83. The summed E-state index contributed by atoms with van der Waals surface area (Å²) < 4.78 is 29.6. The van der Waals surface area contributed by atoms with Gasteiger partial charge < -0.3 is 9.47 Å². The van der Waals surface area contributed by atoms with Gasteiger partial charge in [-0.3, -0.25) is 23.9 Å². The zero-order chi connectivity index (χ0) is 25.3. The number of amides is 2. The maximum Gasteiger partial charge on any atom is 0.261 e. The molecule has 2 amide bonds. The second-order valence-electron chi connectivity index (χ2n) is 9.20. The molecule has 37 heavy (non-hydrogen) atoms. The largest absolute Gasteiger partial charge is 0.348 e. The first-order valence-electron chi connectivity index (χ1n) is 11.7. The van der Waals surface area contributed by atoms with E-state index in [1.807, 2.05) is 18.3 Å². The number of aromatic nitrogens is 4. The molecule has 2 aliphatic rings. The Morgan fingerprint density at radius 2 is 1.73 bits per heavy atom. The molecule has 5 aromatic rings. The summed E-state index contributed by atoms with van der Waals surface area (Å²) in [5.41, 5.74) is 1.96. The molecule has 5 heterocycles. The fraction of sp³-hybridized carbons (Fsp3) is 0.231. The van der Waals surface area contributed by atoms with Gasteiger partial charge in [-0.05, 0) is 35.9 Å². The number of carbonyl (C=O) groups excluding carboxylic acids is 2. The van der Waals surface area contributed by atoms with E-state index in [0.29, 0.717) is 23.2 Å². The lowest BCUT2D eigenvalue weighted by Gasteiger charge is -2.33. The number of fused-ring (bicyclic) bond motifs is 3. The second-order valence-corrected chi connectivity index (χ2v) is 10.2. The number of thiophene rings is 1. The summed E-state index contributed by atoms with van der Waals surface area (Å²) in [6, 6.07) is 11.7. The van der Waals surface area contributed by atoms with Crippen LogP contribution in [0.4, 0.5) is 4.39 Å². The average molecular weight is 518 g/mol. The summed E-state index contributed by atoms with van der Waals surface area (Å²) in [5, 5.41) is 10.5. The number of benzene rings is 2. The molecule has 0 atom stereocenters. The van der Waals surface area contributed by atoms with Crippen LogP contribution in [0.3, 0.4) is 0 Å². The summed E-state index contributed by atoms with van der Waals surface area (Å²) in [5.74, 6) is -0.987. The van der Waals surface area contributed by atoms with Crippen molar-refractivity contribution >= 4 is 44.3 Å². The van der Waals surface area contributed by atoms with E-state index < -0.39 is 12.3 Å². The van der Waals surface area contributed by atoms with Gasteiger partial charge in [-0.15, -0.1) is 11.3 Å². The molecular formula is C26H20FN5O4S. The lowest BCUT2D eigenvalue weighted by atomic mass is 10.1. The number of imide groups is 1. The minimum atomic E-state index is -0.554. The highest BCUT2D eigenvalue weighted by Gasteiger charge is 2.41. The van der Waals surface area contributed by atoms with Gasteiger partial charge in [-0.25, -0.2) is 4.39 Å². The van der Waals surface area contributed by atoms with Crippen molar-refractivity contribution in [2.75, 3.05) is 13.2 Å². The SMILES string of the molecule is Cn1cc2cc(-c3cc4cn(CC5OCC(N6C(=O)c7ccccc7C6=O)CO5)nc4s3)cc(F)c2n1. The minimum Gasteiger partial charge on any atom is -0.348 e. The number of aryl methyl sites for hydroxylation is 1.